The second-order valence-electron chi connectivity index (χ2n) is 2.06. The number of hydrogen-bond donors (Lipinski definition) is 3. The molecule has 0 aromatic carbocycles. The lowest BCUT2D eigenvalue weighted by atomic mass is 10.4. The van der Waals surface area contributed by atoms with Crippen LogP contribution in [0.15, 0.2) is 0 Å². The number of carboxylic acid groups (broad SMARTS) is 1. The van der Waals surface area contributed by atoms with Gasteiger partial charge < -0.3 is 15.3 Å². The van der Waals surface area contributed by atoms with Crippen molar-refractivity contribution in [3.63, 3.8) is 0 Å². The molecule has 0 radical (unpaired) electrons. The molecule has 0 aliphatic heterocycles. The quantitative estimate of drug-likeness (QED) is 0.482. The molecule has 0 amide bonds. The zero-order chi connectivity index (χ0) is 8.69. The largest absolute Gasteiger partial charge is 0.481 e. The van der Waals surface area contributed by atoms with E-state index in [1.165, 1.54) is 11.8 Å². The lowest BCUT2D eigenvalue weighted by molar-refractivity contribution is -0.136. The fraction of sp³-hybridized carbons (Fsp3) is 0.833. The van der Waals surface area contributed by atoms with Crippen molar-refractivity contribution in [2.75, 3.05) is 18.1 Å². The van der Waals surface area contributed by atoms with Gasteiger partial charge in [-0.1, -0.05) is 0 Å². The van der Waals surface area contributed by atoms with E-state index in [1.807, 2.05) is 0 Å². The molecule has 1 atom stereocenters. The van der Waals surface area contributed by atoms with Crippen LogP contribution in [0.4, 0.5) is 0 Å². The van der Waals surface area contributed by atoms with Crippen molar-refractivity contribution < 1.29 is 20.1 Å². The Labute approximate surface area is 69.2 Å². The van der Waals surface area contributed by atoms with Gasteiger partial charge in [-0.05, 0) is 0 Å². The van der Waals surface area contributed by atoms with Crippen LogP contribution in [-0.2, 0) is 4.79 Å². The molecule has 0 heterocycles. The second-order valence-corrected chi connectivity index (χ2v) is 3.20. The van der Waals surface area contributed by atoms with Crippen LogP contribution in [-0.4, -0.2) is 45.5 Å². The lowest BCUT2D eigenvalue weighted by Gasteiger charge is -2.04. The molecule has 66 valence electrons. The Kier molecular flexibility index (Phi) is 6.30. The SMILES string of the molecule is O=C(O)CCSC[C@@H](O)CO. The van der Waals surface area contributed by atoms with Crippen molar-refractivity contribution in [3.05, 3.63) is 0 Å². The molecular weight excluding hydrogens is 168 g/mol. The first-order valence-electron chi connectivity index (χ1n) is 3.25. The van der Waals surface area contributed by atoms with Gasteiger partial charge in [-0.2, -0.15) is 11.8 Å². The summed E-state index contributed by atoms with van der Waals surface area (Å²) in [5.41, 5.74) is 0. The summed E-state index contributed by atoms with van der Waals surface area (Å²) in [6.07, 6.45) is -0.628. The maximum Gasteiger partial charge on any atom is 0.304 e. The van der Waals surface area contributed by atoms with E-state index in [4.69, 9.17) is 15.3 Å². The summed E-state index contributed by atoms with van der Waals surface area (Å²) >= 11 is 1.32. The Bertz CT molecular complexity index is 117. The van der Waals surface area contributed by atoms with E-state index in [0.717, 1.165) is 0 Å². The van der Waals surface area contributed by atoms with Crippen molar-refractivity contribution in [2.24, 2.45) is 0 Å². The molecule has 0 aliphatic carbocycles. The zero-order valence-corrected chi connectivity index (χ0v) is 6.88. The van der Waals surface area contributed by atoms with Crippen molar-refractivity contribution in [1.29, 1.82) is 0 Å². The number of thioether (sulfide) groups is 1. The molecular formula is C6H12O4S. The minimum Gasteiger partial charge on any atom is -0.481 e. The van der Waals surface area contributed by atoms with Gasteiger partial charge in [-0.25, -0.2) is 0 Å². The van der Waals surface area contributed by atoms with Gasteiger partial charge in [0, 0.05) is 11.5 Å². The molecule has 0 aromatic heterocycles. The van der Waals surface area contributed by atoms with E-state index in [-0.39, 0.29) is 13.0 Å². The Balaban J connectivity index is 3.08. The monoisotopic (exact) mass is 180 g/mol. The fourth-order valence-corrected chi connectivity index (χ4v) is 1.29. The van der Waals surface area contributed by atoms with E-state index >= 15 is 0 Å². The summed E-state index contributed by atoms with van der Waals surface area (Å²) < 4.78 is 0. The first kappa shape index (κ1) is 10.7. The first-order valence-corrected chi connectivity index (χ1v) is 4.40. The standard InChI is InChI=1S/C6H12O4S/c7-3-5(8)4-11-2-1-6(9)10/h5,7-8H,1-4H2,(H,9,10)/t5-/m0/s1. The van der Waals surface area contributed by atoms with Crippen molar-refractivity contribution in [3.8, 4) is 0 Å². The summed E-state index contributed by atoms with van der Waals surface area (Å²) in [6.45, 7) is -0.264. The van der Waals surface area contributed by atoms with Crippen LogP contribution in [0.3, 0.4) is 0 Å². The van der Waals surface area contributed by atoms with E-state index in [9.17, 15) is 4.79 Å². The predicted molar refractivity (Wildman–Crippen MR) is 42.7 cm³/mol. The molecule has 0 unspecified atom stereocenters. The van der Waals surface area contributed by atoms with Gasteiger partial charge in [0.1, 0.15) is 0 Å². The van der Waals surface area contributed by atoms with Crippen molar-refractivity contribution in [1.82, 2.24) is 0 Å². The number of aliphatic carboxylic acids is 1. The Morgan fingerprint density at radius 1 is 1.55 bits per heavy atom. The van der Waals surface area contributed by atoms with Crippen LogP contribution in [0, 0.1) is 0 Å². The van der Waals surface area contributed by atoms with Gasteiger partial charge >= 0.3 is 5.97 Å². The summed E-state index contributed by atoms with van der Waals surface area (Å²) in [5, 5.41) is 25.4. The molecule has 0 aliphatic rings. The molecule has 0 saturated heterocycles. The molecule has 0 fully saturated rings. The number of hydrogen-bond acceptors (Lipinski definition) is 4. The Morgan fingerprint density at radius 3 is 2.64 bits per heavy atom. The molecule has 11 heavy (non-hydrogen) atoms. The highest BCUT2D eigenvalue weighted by atomic mass is 32.2. The Hall–Kier alpha value is -0.260. The van der Waals surface area contributed by atoms with Crippen LogP contribution < -0.4 is 0 Å². The molecule has 0 spiro atoms. The molecule has 0 rings (SSSR count). The fourth-order valence-electron chi connectivity index (χ4n) is 0.432. The molecule has 3 N–H and O–H groups in total. The topological polar surface area (TPSA) is 77.8 Å². The van der Waals surface area contributed by atoms with Crippen molar-refractivity contribution in [2.45, 2.75) is 12.5 Å². The average molecular weight is 180 g/mol. The highest BCUT2D eigenvalue weighted by Crippen LogP contribution is 2.04. The minimum absolute atomic E-state index is 0.100. The highest BCUT2D eigenvalue weighted by molar-refractivity contribution is 7.99. The second kappa shape index (κ2) is 6.45. The summed E-state index contributed by atoms with van der Waals surface area (Å²) in [7, 11) is 0. The number of rotatable bonds is 6. The zero-order valence-electron chi connectivity index (χ0n) is 6.06. The lowest BCUT2D eigenvalue weighted by Crippen LogP contribution is -2.15. The maximum atomic E-state index is 9.99. The third kappa shape index (κ3) is 7.64. The number of carbonyl (C=O) groups is 1. The van der Waals surface area contributed by atoms with Crippen LogP contribution in [0.5, 0.6) is 0 Å². The average Bonchev–Trinajstić information content (AvgIpc) is 1.97. The van der Waals surface area contributed by atoms with Gasteiger partial charge in [0.25, 0.3) is 0 Å². The summed E-state index contributed by atoms with van der Waals surface area (Å²) in [4.78, 5) is 9.99. The highest BCUT2D eigenvalue weighted by Gasteiger charge is 2.02. The van der Waals surface area contributed by atoms with E-state index < -0.39 is 12.1 Å². The van der Waals surface area contributed by atoms with E-state index in [0.29, 0.717) is 11.5 Å². The maximum absolute atomic E-state index is 9.99. The minimum atomic E-state index is -0.837. The number of aliphatic hydroxyl groups excluding tert-OH is 2. The van der Waals surface area contributed by atoms with E-state index in [2.05, 4.69) is 0 Å². The smallest absolute Gasteiger partial charge is 0.304 e. The third-order valence-electron chi connectivity index (χ3n) is 0.981. The van der Waals surface area contributed by atoms with Crippen LogP contribution in [0.1, 0.15) is 6.42 Å². The molecule has 0 bridgehead atoms. The normalized spacial score (nSPS) is 12.9. The van der Waals surface area contributed by atoms with Gasteiger partial charge in [0.05, 0.1) is 19.1 Å². The molecule has 5 heteroatoms. The van der Waals surface area contributed by atoms with Crippen LogP contribution in [0.25, 0.3) is 0 Å². The Morgan fingerprint density at radius 2 is 2.18 bits per heavy atom. The third-order valence-corrected chi connectivity index (χ3v) is 2.09. The summed E-state index contributed by atoms with van der Waals surface area (Å²) in [5.74, 6) is 0.0342. The molecule has 0 aromatic rings. The first-order chi connectivity index (χ1) is 5.16. The molecule has 0 saturated carbocycles. The molecule has 4 nitrogen and oxygen atoms in total. The van der Waals surface area contributed by atoms with Gasteiger partial charge in [0.15, 0.2) is 0 Å². The van der Waals surface area contributed by atoms with Crippen molar-refractivity contribution >= 4 is 17.7 Å². The van der Waals surface area contributed by atoms with Gasteiger partial charge in [-0.3, -0.25) is 4.79 Å². The number of carboxylic acids is 1. The predicted octanol–water partition coefficient (Wildman–Crippen LogP) is -0.452. The van der Waals surface area contributed by atoms with Crippen LogP contribution >= 0.6 is 11.8 Å². The van der Waals surface area contributed by atoms with Crippen LogP contribution in [0.2, 0.25) is 0 Å². The number of aliphatic hydroxyl groups is 2. The summed E-state index contributed by atoms with van der Waals surface area (Å²) in [6, 6.07) is 0. The van der Waals surface area contributed by atoms with Gasteiger partial charge in [-0.15, -0.1) is 0 Å². The van der Waals surface area contributed by atoms with E-state index in [1.54, 1.807) is 0 Å². The van der Waals surface area contributed by atoms with Gasteiger partial charge in [0.2, 0.25) is 0 Å².